The van der Waals surface area contributed by atoms with Crippen molar-refractivity contribution in [3.8, 4) is 0 Å². The molecule has 0 spiro atoms. The van der Waals surface area contributed by atoms with E-state index in [0.717, 1.165) is 38.8 Å². The number of hydrogen-bond acceptors (Lipinski definition) is 6. The van der Waals surface area contributed by atoms with E-state index in [0.29, 0.717) is 35.3 Å². The molecule has 0 atom stereocenters. The summed E-state index contributed by atoms with van der Waals surface area (Å²) in [4.78, 5) is 46.2. The van der Waals surface area contributed by atoms with Crippen molar-refractivity contribution < 1.29 is 19.2 Å². The van der Waals surface area contributed by atoms with Gasteiger partial charge in [0.2, 0.25) is 0 Å². The number of carbonyl (C=O) groups excluding carboxylic acids is 4. The largest absolute Gasteiger partial charge is 0.352 e. The van der Waals surface area contributed by atoms with Crippen molar-refractivity contribution in [2.75, 3.05) is 40.3 Å². The van der Waals surface area contributed by atoms with Gasteiger partial charge < -0.3 is 21.3 Å². The van der Waals surface area contributed by atoms with Crippen LogP contribution < -0.4 is 21.3 Å². The number of rotatable bonds is 18. The van der Waals surface area contributed by atoms with Gasteiger partial charge in [0.15, 0.2) is 11.6 Å². The minimum atomic E-state index is -0.108. The van der Waals surface area contributed by atoms with Gasteiger partial charge in [-0.2, -0.15) is 0 Å². The van der Waals surface area contributed by atoms with E-state index in [-0.39, 0.29) is 23.4 Å². The highest BCUT2D eigenvalue weighted by atomic mass is 16.2. The highest BCUT2D eigenvalue weighted by molar-refractivity contribution is 5.99. The minimum absolute atomic E-state index is 0.0125. The van der Waals surface area contributed by atoms with Crippen LogP contribution in [0.2, 0.25) is 0 Å². The van der Waals surface area contributed by atoms with Crippen molar-refractivity contribution in [1.82, 2.24) is 21.3 Å². The maximum atomic E-state index is 11.9. The van der Waals surface area contributed by atoms with Crippen LogP contribution in [0.15, 0.2) is 48.5 Å². The summed E-state index contributed by atoms with van der Waals surface area (Å²) >= 11 is 0. The minimum Gasteiger partial charge on any atom is -0.352 e. The van der Waals surface area contributed by atoms with Gasteiger partial charge >= 0.3 is 0 Å². The lowest BCUT2D eigenvalue weighted by Crippen LogP contribution is -2.24. The fraction of sp³-hybridized carbons (Fsp3) is 0.500. The lowest BCUT2D eigenvalue weighted by atomic mass is 10.1. The van der Waals surface area contributed by atoms with E-state index in [2.05, 4.69) is 21.3 Å². The number of benzene rings is 2. The van der Waals surface area contributed by atoms with Crippen LogP contribution in [-0.4, -0.2) is 63.7 Å². The quantitative estimate of drug-likeness (QED) is 0.156. The van der Waals surface area contributed by atoms with E-state index < -0.39 is 0 Å². The third-order valence-electron chi connectivity index (χ3n) is 6.36. The van der Waals surface area contributed by atoms with Gasteiger partial charge in [-0.15, -0.1) is 0 Å². The molecular formula is C32H48N4O4. The number of Topliss-reactive ketones (excluding diaryl/α,β-unsaturated/α-hetero) is 2. The number of amides is 2. The van der Waals surface area contributed by atoms with Gasteiger partial charge in [-0.25, -0.2) is 0 Å². The number of unbranched alkanes of at least 4 members (excludes halogenated alkanes) is 6. The Bertz CT molecular complexity index is 1040. The van der Waals surface area contributed by atoms with E-state index in [1.807, 2.05) is 14.1 Å². The molecule has 2 aromatic rings. The zero-order valence-corrected chi connectivity index (χ0v) is 24.7. The van der Waals surface area contributed by atoms with E-state index in [9.17, 15) is 19.2 Å². The molecule has 0 aliphatic rings. The lowest BCUT2D eigenvalue weighted by Gasteiger charge is -2.06. The van der Waals surface area contributed by atoms with Crippen LogP contribution in [-0.2, 0) is 0 Å². The number of carbonyl (C=O) groups is 4. The zero-order chi connectivity index (χ0) is 29.6. The topological polar surface area (TPSA) is 116 Å². The van der Waals surface area contributed by atoms with Crippen molar-refractivity contribution in [3.63, 3.8) is 0 Å². The van der Waals surface area contributed by atoms with Gasteiger partial charge in [0.05, 0.1) is 0 Å². The first-order chi connectivity index (χ1) is 19.3. The Kier molecular flexibility index (Phi) is 18.6. The summed E-state index contributed by atoms with van der Waals surface area (Å²) in [7, 11) is 3.91. The fourth-order valence-electron chi connectivity index (χ4n) is 3.90. The van der Waals surface area contributed by atoms with Crippen molar-refractivity contribution in [3.05, 3.63) is 70.8 Å². The third kappa shape index (κ3) is 15.3. The van der Waals surface area contributed by atoms with Crippen LogP contribution in [0.4, 0.5) is 0 Å². The van der Waals surface area contributed by atoms with E-state index in [1.54, 1.807) is 48.5 Å². The first-order valence-electron chi connectivity index (χ1n) is 14.4. The molecule has 0 aliphatic heterocycles. The molecule has 8 heteroatoms. The molecule has 0 bridgehead atoms. The van der Waals surface area contributed by atoms with Crippen LogP contribution in [0.3, 0.4) is 0 Å². The first kappa shape index (κ1) is 34.7. The van der Waals surface area contributed by atoms with Crippen molar-refractivity contribution in [2.45, 2.75) is 65.2 Å². The SMILES string of the molecule is CNCCCCCCNC(=O)c1ccc(C(C)=O)cc1.CNCCCCCCNC(=O)c1cccc(C(C)=O)c1. The predicted octanol–water partition coefficient (Wildman–Crippen LogP) is 4.80. The lowest BCUT2D eigenvalue weighted by molar-refractivity contribution is 0.0944. The molecule has 220 valence electrons. The van der Waals surface area contributed by atoms with Crippen molar-refractivity contribution in [1.29, 1.82) is 0 Å². The van der Waals surface area contributed by atoms with Gasteiger partial charge in [0.25, 0.3) is 11.8 Å². The van der Waals surface area contributed by atoms with Gasteiger partial charge in [-0.1, -0.05) is 49.9 Å². The Morgan fingerprint density at radius 1 is 0.500 bits per heavy atom. The summed E-state index contributed by atoms with van der Waals surface area (Å²) in [6, 6.07) is 13.6. The van der Waals surface area contributed by atoms with Gasteiger partial charge in [0, 0.05) is 35.3 Å². The highest BCUT2D eigenvalue weighted by Gasteiger charge is 2.08. The zero-order valence-electron chi connectivity index (χ0n) is 24.7. The molecule has 0 aromatic heterocycles. The Balaban J connectivity index is 0.000000400. The smallest absolute Gasteiger partial charge is 0.251 e. The molecular weight excluding hydrogens is 504 g/mol. The second kappa shape index (κ2) is 21.5. The van der Waals surface area contributed by atoms with E-state index in [4.69, 9.17) is 0 Å². The Morgan fingerprint density at radius 2 is 0.900 bits per heavy atom. The summed E-state index contributed by atoms with van der Waals surface area (Å²) in [6.45, 7) is 6.50. The Labute approximate surface area is 240 Å². The molecule has 2 aromatic carbocycles. The van der Waals surface area contributed by atoms with E-state index in [1.165, 1.54) is 39.5 Å². The molecule has 40 heavy (non-hydrogen) atoms. The molecule has 0 aliphatic carbocycles. The van der Waals surface area contributed by atoms with Crippen LogP contribution in [0.1, 0.15) is 107 Å². The number of ketones is 2. The number of hydrogen-bond donors (Lipinski definition) is 4. The molecule has 0 unspecified atom stereocenters. The van der Waals surface area contributed by atoms with Crippen molar-refractivity contribution in [2.24, 2.45) is 0 Å². The second-order valence-corrected chi connectivity index (χ2v) is 9.82. The average molecular weight is 553 g/mol. The third-order valence-corrected chi connectivity index (χ3v) is 6.36. The van der Waals surface area contributed by atoms with Crippen LogP contribution in [0.25, 0.3) is 0 Å². The molecule has 2 rings (SSSR count). The maximum Gasteiger partial charge on any atom is 0.251 e. The van der Waals surface area contributed by atoms with Crippen LogP contribution in [0.5, 0.6) is 0 Å². The summed E-state index contributed by atoms with van der Waals surface area (Å²) in [5.41, 5.74) is 2.36. The summed E-state index contributed by atoms with van der Waals surface area (Å²) in [5, 5.41) is 12.0. The van der Waals surface area contributed by atoms with Gasteiger partial charge in [-0.3, -0.25) is 19.2 Å². The molecule has 0 saturated carbocycles. The molecule has 0 fully saturated rings. The standard InChI is InChI=1S/2C16H24N2O2/c1-13(19)14-7-9-15(10-8-14)16(20)18-12-6-4-3-5-11-17-2;1-13(19)14-8-7-9-15(12-14)16(20)18-11-6-4-3-5-10-17-2/h7-10,17H,3-6,11-12H2,1-2H3,(H,18,20);7-9,12,17H,3-6,10-11H2,1-2H3,(H,18,20). The molecule has 0 radical (unpaired) electrons. The second-order valence-electron chi connectivity index (χ2n) is 9.82. The van der Waals surface area contributed by atoms with Crippen molar-refractivity contribution >= 4 is 23.4 Å². The Hall–Kier alpha value is -3.36. The molecule has 8 nitrogen and oxygen atoms in total. The highest BCUT2D eigenvalue weighted by Crippen LogP contribution is 2.07. The van der Waals surface area contributed by atoms with E-state index >= 15 is 0 Å². The maximum absolute atomic E-state index is 11.9. The molecule has 4 N–H and O–H groups in total. The predicted molar refractivity (Wildman–Crippen MR) is 162 cm³/mol. The molecule has 2 amide bonds. The monoisotopic (exact) mass is 552 g/mol. The summed E-state index contributed by atoms with van der Waals surface area (Å²) < 4.78 is 0. The van der Waals surface area contributed by atoms with Crippen LogP contribution in [0, 0.1) is 0 Å². The van der Waals surface area contributed by atoms with Crippen LogP contribution >= 0.6 is 0 Å². The molecule has 0 heterocycles. The Morgan fingerprint density at radius 3 is 1.35 bits per heavy atom. The first-order valence-corrected chi connectivity index (χ1v) is 14.4. The number of nitrogens with one attached hydrogen (secondary N) is 4. The van der Waals surface area contributed by atoms with Gasteiger partial charge in [0.1, 0.15) is 0 Å². The fourth-order valence-corrected chi connectivity index (χ4v) is 3.90. The molecule has 0 saturated heterocycles. The summed E-state index contributed by atoms with van der Waals surface area (Å²) in [5.74, 6) is -0.193. The summed E-state index contributed by atoms with van der Waals surface area (Å²) in [6.07, 6.45) is 8.95. The van der Waals surface area contributed by atoms with Gasteiger partial charge in [-0.05, 0) is 91.0 Å². The normalized spacial score (nSPS) is 10.3. The average Bonchev–Trinajstić information content (AvgIpc) is 2.96.